The van der Waals surface area contributed by atoms with Gasteiger partial charge in [-0.1, -0.05) is 18.2 Å². The number of aliphatic hydroxyl groups excluding tert-OH is 1. The molecule has 1 aliphatic rings. The van der Waals surface area contributed by atoms with Gasteiger partial charge < -0.3 is 15.3 Å². The molecule has 2 rings (SSSR count). The Hall–Kier alpha value is -1.39. The first kappa shape index (κ1) is 14.0. The predicted octanol–water partition coefficient (Wildman–Crippen LogP) is 1.46. The van der Waals surface area contributed by atoms with Crippen molar-refractivity contribution in [1.82, 2.24) is 5.32 Å². The number of carbonyl (C=O) groups is 1. The fourth-order valence-electron chi connectivity index (χ4n) is 2.61. The van der Waals surface area contributed by atoms with Crippen LogP contribution < -0.4 is 10.2 Å². The van der Waals surface area contributed by atoms with Crippen LogP contribution in [0.5, 0.6) is 0 Å². The molecule has 1 aromatic carbocycles. The van der Waals surface area contributed by atoms with E-state index >= 15 is 0 Å². The maximum atomic E-state index is 12.6. The summed E-state index contributed by atoms with van der Waals surface area (Å²) in [6, 6.07) is 7.37. The van der Waals surface area contributed by atoms with Crippen LogP contribution in [0.4, 0.5) is 5.69 Å². The molecule has 1 aliphatic heterocycles. The van der Waals surface area contributed by atoms with E-state index < -0.39 is 6.04 Å². The van der Waals surface area contributed by atoms with Crippen molar-refractivity contribution in [2.24, 2.45) is 0 Å². The highest BCUT2D eigenvalue weighted by Gasteiger charge is 2.38. The molecule has 1 aromatic rings. The van der Waals surface area contributed by atoms with Gasteiger partial charge in [-0.2, -0.15) is 0 Å². The Morgan fingerprint density at radius 3 is 2.74 bits per heavy atom. The zero-order valence-corrected chi connectivity index (χ0v) is 11.8. The number of amides is 1. The van der Waals surface area contributed by atoms with Gasteiger partial charge in [-0.25, -0.2) is 0 Å². The van der Waals surface area contributed by atoms with E-state index in [-0.39, 0.29) is 18.1 Å². The SMILES string of the molecule is Cc1ccccc1N1C(=O)C(CO)NCCC1(C)C. The summed E-state index contributed by atoms with van der Waals surface area (Å²) in [6.07, 6.45) is 0.851. The lowest BCUT2D eigenvalue weighted by Crippen LogP contribution is -2.52. The van der Waals surface area contributed by atoms with Gasteiger partial charge in [0.15, 0.2) is 0 Å². The summed E-state index contributed by atoms with van der Waals surface area (Å²) in [5.41, 5.74) is 1.74. The van der Waals surface area contributed by atoms with Crippen LogP contribution in [0.15, 0.2) is 24.3 Å². The molecule has 0 aromatic heterocycles. The van der Waals surface area contributed by atoms with Crippen molar-refractivity contribution in [2.75, 3.05) is 18.1 Å². The van der Waals surface area contributed by atoms with Crippen LogP contribution in [0.3, 0.4) is 0 Å². The predicted molar refractivity (Wildman–Crippen MR) is 76.2 cm³/mol. The zero-order valence-electron chi connectivity index (χ0n) is 11.8. The highest BCUT2D eigenvalue weighted by Crippen LogP contribution is 2.31. The Morgan fingerprint density at radius 2 is 2.11 bits per heavy atom. The van der Waals surface area contributed by atoms with Gasteiger partial charge in [0.1, 0.15) is 6.04 Å². The second kappa shape index (κ2) is 5.31. The summed E-state index contributed by atoms with van der Waals surface area (Å²) in [6.45, 7) is 6.70. The second-order valence-electron chi connectivity index (χ2n) is 5.71. The molecule has 1 saturated heterocycles. The highest BCUT2D eigenvalue weighted by molar-refractivity contribution is 5.99. The van der Waals surface area contributed by atoms with Crippen molar-refractivity contribution >= 4 is 11.6 Å². The Bertz CT molecular complexity index is 471. The third-order valence-electron chi connectivity index (χ3n) is 3.79. The molecule has 2 N–H and O–H groups in total. The first-order chi connectivity index (χ1) is 8.97. The summed E-state index contributed by atoms with van der Waals surface area (Å²) >= 11 is 0. The number of aryl methyl sites for hydroxylation is 1. The van der Waals surface area contributed by atoms with E-state index in [4.69, 9.17) is 0 Å². The molecule has 0 saturated carbocycles. The van der Waals surface area contributed by atoms with Crippen LogP contribution in [0.1, 0.15) is 25.8 Å². The monoisotopic (exact) mass is 262 g/mol. The van der Waals surface area contributed by atoms with Gasteiger partial charge in [0.05, 0.1) is 6.61 Å². The quantitative estimate of drug-likeness (QED) is 0.848. The van der Waals surface area contributed by atoms with Gasteiger partial charge in [0, 0.05) is 11.2 Å². The fourth-order valence-corrected chi connectivity index (χ4v) is 2.61. The number of carbonyl (C=O) groups excluding carboxylic acids is 1. The maximum absolute atomic E-state index is 12.6. The Morgan fingerprint density at radius 1 is 1.42 bits per heavy atom. The number of para-hydroxylation sites is 1. The van der Waals surface area contributed by atoms with E-state index in [0.29, 0.717) is 0 Å². The molecule has 104 valence electrons. The van der Waals surface area contributed by atoms with Crippen molar-refractivity contribution in [2.45, 2.75) is 38.8 Å². The molecule has 0 aliphatic carbocycles. The maximum Gasteiger partial charge on any atom is 0.247 e. The topological polar surface area (TPSA) is 52.6 Å². The van der Waals surface area contributed by atoms with Crippen molar-refractivity contribution < 1.29 is 9.90 Å². The first-order valence-electron chi connectivity index (χ1n) is 6.71. The number of hydrogen-bond acceptors (Lipinski definition) is 3. The van der Waals surface area contributed by atoms with Crippen LogP contribution in [-0.2, 0) is 4.79 Å². The van der Waals surface area contributed by atoms with Gasteiger partial charge >= 0.3 is 0 Å². The van der Waals surface area contributed by atoms with E-state index in [0.717, 1.165) is 24.2 Å². The molecule has 0 bridgehead atoms. The Kier molecular flexibility index (Phi) is 3.92. The summed E-state index contributed by atoms with van der Waals surface area (Å²) in [7, 11) is 0. The third kappa shape index (κ3) is 2.65. The number of rotatable bonds is 2. The summed E-state index contributed by atoms with van der Waals surface area (Å²) in [5.74, 6) is -0.0562. The lowest BCUT2D eigenvalue weighted by molar-refractivity contribution is -0.121. The van der Waals surface area contributed by atoms with E-state index in [1.54, 1.807) is 0 Å². The molecule has 1 atom stereocenters. The molecule has 0 spiro atoms. The molecule has 19 heavy (non-hydrogen) atoms. The summed E-state index contributed by atoms with van der Waals surface area (Å²) in [4.78, 5) is 14.5. The Labute approximate surface area is 114 Å². The minimum Gasteiger partial charge on any atom is -0.394 e. The molecular formula is C15H22N2O2. The lowest BCUT2D eigenvalue weighted by Gasteiger charge is -2.38. The number of nitrogens with zero attached hydrogens (tertiary/aromatic N) is 1. The molecule has 1 unspecified atom stereocenters. The van der Waals surface area contributed by atoms with Crippen molar-refractivity contribution in [3.05, 3.63) is 29.8 Å². The van der Waals surface area contributed by atoms with Gasteiger partial charge in [-0.15, -0.1) is 0 Å². The highest BCUT2D eigenvalue weighted by atomic mass is 16.3. The molecular weight excluding hydrogens is 240 g/mol. The van der Waals surface area contributed by atoms with Gasteiger partial charge in [0.25, 0.3) is 0 Å². The lowest BCUT2D eigenvalue weighted by atomic mass is 9.96. The van der Waals surface area contributed by atoms with Crippen LogP contribution >= 0.6 is 0 Å². The zero-order chi connectivity index (χ0) is 14.0. The average molecular weight is 262 g/mol. The van der Waals surface area contributed by atoms with Crippen molar-refractivity contribution in [3.63, 3.8) is 0 Å². The first-order valence-corrected chi connectivity index (χ1v) is 6.71. The normalized spacial score (nSPS) is 23.3. The van der Waals surface area contributed by atoms with Gasteiger partial charge in [-0.05, 0) is 45.4 Å². The third-order valence-corrected chi connectivity index (χ3v) is 3.79. The molecule has 1 amide bonds. The van der Waals surface area contributed by atoms with Gasteiger partial charge in [-0.3, -0.25) is 4.79 Å². The smallest absolute Gasteiger partial charge is 0.247 e. The largest absolute Gasteiger partial charge is 0.394 e. The van der Waals surface area contributed by atoms with E-state index in [1.165, 1.54) is 0 Å². The van der Waals surface area contributed by atoms with Crippen LogP contribution in [0.25, 0.3) is 0 Å². The molecule has 1 heterocycles. The van der Waals surface area contributed by atoms with Crippen LogP contribution in [0, 0.1) is 6.92 Å². The molecule has 0 radical (unpaired) electrons. The number of aliphatic hydroxyl groups is 1. The average Bonchev–Trinajstić information content (AvgIpc) is 2.47. The van der Waals surface area contributed by atoms with E-state index in [9.17, 15) is 9.90 Å². The van der Waals surface area contributed by atoms with E-state index in [1.807, 2.05) is 36.1 Å². The second-order valence-corrected chi connectivity index (χ2v) is 5.71. The fraction of sp³-hybridized carbons (Fsp3) is 0.533. The van der Waals surface area contributed by atoms with Gasteiger partial charge in [0.2, 0.25) is 5.91 Å². The van der Waals surface area contributed by atoms with Crippen LogP contribution in [-0.4, -0.2) is 35.7 Å². The summed E-state index contributed by atoms with van der Waals surface area (Å²) < 4.78 is 0. The summed E-state index contributed by atoms with van der Waals surface area (Å²) in [5, 5.41) is 12.5. The van der Waals surface area contributed by atoms with Crippen molar-refractivity contribution in [3.8, 4) is 0 Å². The minimum atomic E-state index is -0.513. The number of anilines is 1. The van der Waals surface area contributed by atoms with Crippen molar-refractivity contribution in [1.29, 1.82) is 0 Å². The molecule has 4 heteroatoms. The van der Waals surface area contributed by atoms with E-state index in [2.05, 4.69) is 19.2 Å². The minimum absolute atomic E-state index is 0.0562. The Balaban J connectivity index is 2.48. The number of nitrogens with one attached hydrogen (secondary N) is 1. The number of hydrogen-bond donors (Lipinski definition) is 2. The van der Waals surface area contributed by atoms with Crippen LogP contribution in [0.2, 0.25) is 0 Å². The number of benzene rings is 1. The molecule has 1 fully saturated rings. The standard InChI is InChI=1S/C15H22N2O2/c1-11-6-4-5-7-13(11)17-14(19)12(10-18)16-9-8-15(17,2)3/h4-7,12,16,18H,8-10H2,1-3H3. The molecule has 4 nitrogen and oxygen atoms in total.